The van der Waals surface area contributed by atoms with Gasteiger partial charge in [-0.3, -0.25) is 0 Å². The van der Waals surface area contributed by atoms with Crippen LogP contribution in [-0.2, 0) is 4.74 Å². The van der Waals surface area contributed by atoms with E-state index >= 15 is 0 Å². The van der Waals surface area contributed by atoms with Gasteiger partial charge in [-0.05, 0) is 105 Å². The monoisotopic (exact) mass is 400 g/mol. The molecule has 1 heterocycles. The lowest BCUT2D eigenvalue weighted by molar-refractivity contribution is -0.110. The van der Waals surface area contributed by atoms with Crippen LogP contribution in [0.3, 0.4) is 0 Å². The van der Waals surface area contributed by atoms with Gasteiger partial charge in [0, 0.05) is 18.9 Å². The van der Waals surface area contributed by atoms with Crippen molar-refractivity contribution in [3.05, 3.63) is 11.8 Å². The maximum atomic E-state index is 9.36. The quantitative estimate of drug-likeness (QED) is 0.569. The van der Waals surface area contributed by atoms with Crippen LogP contribution in [0.1, 0.15) is 98.3 Å². The Morgan fingerprint density at radius 2 is 1.86 bits per heavy atom. The zero-order valence-electron chi connectivity index (χ0n) is 19.4. The highest BCUT2D eigenvalue weighted by atomic mass is 16.5. The average molecular weight is 401 g/mol. The topological polar surface area (TPSA) is 29.5 Å². The Hall–Kier alpha value is -0.500. The second-order valence-corrected chi connectivity index (χ2v) is 12.5. The molecular formula is C27H44O2. The number of rotatable bonds is 3. The fourth-order valence-corrected chi connectivity index (χ4v) is 9.37. The molecule has 4 aliphatic carbocycles. The summed E-state index contributed by atoms with van der Waals surface area (Å²) < 4.78 is 6.72. The number of hydrogen-bond acceptors (Lipinski definition) is 2. The van der Waals surface area contributed by atoms with E-state index in [9.17, 15) is 5.11 Å². The largest absolute Gasteiger partial charge is 0.492 e. The van der Waals surface area contributed by atoms with Gasteiger partial charge in [0.2, 0.25) is 0 Å². The Kier molecular flexibility index (Phi) is 4.93. The van der Waals surface area contributed by atoms with E-state index in [0.29, 0.717) is 22.7 Å². The molecule has 5 aliphatic rings. The van der Waals surface area contributed by atoms with Gasteiger partial charge in [-0.15, -0.1) is 0 Å². The van der Waals surface area contributed by atoms with Crippen molar-refractivity contribution in [3.63, 3.8) is 0 Å². The third-order valence-electron chi connectivity index (χ3n) is 11.0. The molecule has 1 N–H and O–H groups in total. The highest BCUT2D eigenvalue weighted by Crippen LogP contribution is 2.71. The number of aliphatic hydroxyl groups excluding tert-OH is 1. The van der Waals surface area contributed by atoms with Crippen molar-refractivity contribution >= 4 is 0 Å². The van der Waals surface area contributed by atoms with Crippen molar-refractivity contribution in [2.45, 2.75) is 104 Å². The zero-order valence-corrected chi connectivity index (χ0v) is 19.4. The van der Waals surface area contributed by atoms with Crippen LogP contribution in [0, 0.1) is 46.3 Å². The molecule has 5 fully saturated rings. The SMILES string of the molecule is C[C@H](CO)C/C=C1/CC2C(C)(CC3[C@@H]4CCC5CCCC[C@]5(C)C4CC[C@@]32C)O1. The molecule has 0 amide bonds. The third kappa shape index (κ3) is 2.98. The van der Waals surface area contributed by atoms with Gasteiger partial charge in [0.05, 0.1) is 5.76 Å². The standard InChI is InChI=1S/C27H44O2/c1-18(17-28)8-10-20-15-24-26(3)14-12-22-21(23(26)16-27(24,4)29-20)11-9-19-7-5-6-13-25(19,22)2/h10,18-19,21-24,28H,5-9,11-17H2,1-4H3/b20-10-/t18-,19?,21+,22?,23?,24?,25-,26-,27?/m0/s1. The highest BCUT2D eigenvalue weighted by molar-refractivity contribution is 5.20. The predicted octanol–water partition coefficient (Wildman–Crippen LogP) is 6.73. The number of aliphatic hydroxyl groups is 1. The molecule has 0 aromatic rings. The van der Waals surface area contributed by atoms with Crippen molar-refractivity contribution < 1.29 is 9.84 Å². The molecule has 9 atom stereocenters. The van der Waals surface area contributed by atoms with Crippen molar-refractivity contribution in [1.29, 1.82) is 0 Å². The molecule has 29 heavy (non-hydrogen) atoms. The molecule has 0 radical (unpaired) electrons. The van der Waals surface area contributed by atoms with Crippen molar-refractivity contribution in [2.75, 3.05) is 6.61 Å². The van der Waals surface area contributed by atoms with Gasteiger partial charge in [0.15, 0.2) is 0 Å². The van der Waals surface area contributed by atoms with Crippen molar-refractivity contribution in [2.24, 2.45) is 46.3 Å². The van der Waals surface area contributed by atoms with E-state index in [2.05, 4.69) is 33.8 Å². The fraction of sp³-hybridized carbons (Fsp3) is 0.926. The summed E-state index contributed by atoms with van der Waals surface area (Å²) in [6, 6.07) is 0. The second-order valence-electron chi connectivity index (χ2n) is 12.5. The van der Waals surface area contributed by atoms with Crippen molar-refractivity contribution in [1.82, 2.24) is 0 Å². The number of allylic oxidation sites excluding steroid dienone is 2. The fourth-order valence-electron chi connectivity index (χ4n) is 9.37. The minimum atomic E-state index is 0.0485. The first kappa shape index (κ1) is 20.4. The molecule has 1 aliphatic heterocycles. The molecule has 2 nitrogen and oxygen atoms in total. The van der Waals surface area contributed by atoms with Gasteiger partial charge in [0.1, 0.15) is 5.60 Å². The summed E-state index contributed by atoms with van der Waals surface area (Å²) in [5.41, 5.74) is 1.15. The van der Waals surface area contributed by atoms with Crippen LogP contribution >= 0.6 is 0 Å². The Morgan fingerprint density at radius 1 is 1.03 bits per heavy atom. The summed E-state index contributed by atoms with van der Waals surface area (Å²) in [6.07, 6.45) is 17.5. The predicted molar refractivity (Wildman–Crippen MR) is 118 cm³/mol. The van der Waals surface area contributed by atoms with Gasteiger partial charge < -0.3 is 9.84 Å². The minimum absolute atomic E-state index is 0.0485. The highest BCUT2D eigenvalue weighted by Gasteiger charge is 2.67. The van der Waals surface area contributed by atoms with Crippen LogP contribution < -0.4 is 0 Å². The summed E-state index contributed by atoms with van der Waals surface area (Å²) in [5, 5.41) is 9.36. The van der Waals surface area contributed by atoms with Crippen LogP contribution in [0.4, 0.5) is 0 Å². The van der Waals surface area contributed by atoms with E-state index in [1.165, 1.54) is 63.5 Å². The average Bonchev–Trinajstić information content (AvgIpc) is 3.15. The van der Waals surface area contributed by atoms with Gasteiger partial charge in [-0.2, -0.15) is 0 Å². The lowest BCUT2D eigenvalue weighted by atomic mass is 9.45. The van der Waals surface area contributed by atoms with Crippen LogP contribution in [-0.4, -0.2) is 17.3 Å². The molecule has 0 aromatic heterocycles. The zero-order chi connectivity index (χ0) is 20.4. The van der Waals surface area contributed by atoms with Crippen LogP contribution in [0.5, 0.6) is 0 Å². The summed E-state index contributed by atoms with van der Waals surface area (Å²) in [5.74, 6) is 6.05. The molecule has 1 saturated heterocycles. The lowest BCUT2D eigenvalue weighted by Crippen LogP contribution is -2.52. The molecule has 0 aromatic carbocycles. The summed E-state index contributed by atoms with van der Waals surface area (Å²) >= 11 is 0. The smallest absolute Gasteiger partial charge is 0.110 e. The Bertz CT molecular complexity index is 669. The number of fused-ring (bicyclic) bond motifs is 7. The molecule has 0 bridgehead atoms. The maximum absolute atomic E-state index is 9.36. The van der Waals surface area contributed by atoms with Gasteiger partial charge in [0.25, 0.3) is 0 Å². The summed E-state index contributed by atoms with van der Waals surface area (Å²) in [6.45, 7) is 10.2. The van der Waals surface area contributed by atoms with E-state index in [-0.39, 0.29) is 12.2 Å². The van der Waals surface area contributed by atoms with Gasteiger partial charge in [-0.25, -0.2) is 0 Å². The molecule has 5 rings (SSSR count). The van der Waals surface area contributed by atoms with Crippen molar-refractivity contribution in [3.8, 4) is 0 Å². The maximum Gasteiger partial charge on any atom is 0.110 e. The minimum Gasteiger partial charge on any atom is -0.492 e. The first-order valence-corrected chi connectivity index (χ1v) is 12.8. The summed E-state index contributed by atoms with van der Waals surface area (Å²) in [4.78, 5) is 0. The van der Waals surface area contributed by atoms with Gasteiger partial charge in [-0.1, -0.05) is 33.6 Å². The molecule has 2 heteroatoms. The first-order chi connectivity index (χ1) is 13.8. The van der Waals surface area contributed by atoms with Crippen LogP contribution in [0.2, 0.25) is 0 Å². The van der Waals surface area contributed by atoms with E-state index in [0.717, 1.165) is 36.5 Å². The second kappa shape index (κ2) is 7.01. The Morgan fingerprint density at radius 3 is 2.66 bits per heavy atom. The molecule has 164 valence electrons. The Balaban J connectivity index is 1.37. The third-order valence-corrected chi connectivity index (χ3v) is 11.0. The molecule has 0 spiro atoms. The molecule has 4 saturated carbocycles. The lowest BCUT2D eigenvalue weighted by Gasteiger charge is -2.60. The normalized spacial score (nSPS) is 53.6. The Labute approximate surface area is 178 Å². The van der Waals surface area contributed by atoms with E-state index < -0.39 is 0 Å². The van der Waals surface area contributed by atoms with E-state index in [1.54, 1.807) is 0 Å². The number of hydrogen-bond donors (Lipinski definition) is 1. The van der Waals surface area contributed by atoms with Crippen LogP contribution in [0.15, 0.2) is 11.8 Å². The number of ether oxygens (including phenoxy) is 1. The van der Waals surface area contributed by atoms with E-state index in [1.807, 2.05) is 0 Å². The van der Waals surface area contributed by atoms with Crippen LogP contribution in [0.25, 0.3) is 0 Å². The summed E-state index contributed by atoms with van der Waals surface area (Å²) in [7, 11) is 0. The van der Waals surface area contributed by atoms with Gasteiger partial charge >= 0.3 is 0 Å². The first-order valence-electron chi connectivity index (χ1n) is 12.8. The molecule has 5 unspecified atom stereocenters. The van der Waals surface area contributed by atoms with E-state index in [4.69, 9.17) is 4.74 Å². The molecular weight excluding hydrogens is 356 g/mol.